The summed E-state index contributed by atoms with van der Waals surface area (Å²) in [4.78, 5) is 24.6. The second-order valence-electron chi connectivity index (χ2n) is 24.9. The number of aliphatic hydroxyl groups is 2. The van der Waals surface area contributed by atoms with Crippen molar-refractivity contribution in [3.8, 4) is 0 Å². The Bertz CT molecular complexity index is 1300. The summed E-state index contributed by atoms with van der Waals surface area (Å²) in [5, 5.41) is 23.2. The van der Waals surface area contributed by atoms with Crippen molar-refractivity contribution in [2.24, 2.45) is 0 Å². The van der Waals surface area contributed by atoms with E-state index in [1.807, 2.05) is 6.08 Å². The van der Waals surface area contributed by atoms with Crippen LogP contribution in [0.4, 0.5) is 0 Å². The Morgan fingerprint density at radius 2 is 0.588 bits per heavy atom. The minimum Gasteiger partial charge on any atom is -0.466 e. The Balaban J connectivity index is 3.38. The summed E-state index contributed by atoms with van der Waals surface area (Å²) in [6.07, 6.45) is 89.5. The van der Waals surface area contributed by atoms with Crippen molar-refractivity contribution in [3.05, 3.63) is 36.5 Å². The lowest BCUT2D eigenvalue weighted by atomic mass is 10.0. The van der Waals surface area contributed by atoms with Crippen LogP contribution < -0.4 is 5.32 Å². The second-order valence-corrected chi connectivity index (χ2v) is 24.9. The van der Waals surface area contributed by atoms with Gasteiger partial charge in [-0.3, -0.25) is 9.59 Å². The lowest BCUT2D eigenvalue weighted by Crippen LogP contribution is -2.45. The van der Waals surface area contributed by atoms with Crippen LogP contribution >= 0.6 is 0 Å². The fourth-order valence-corrected chi connectivity index (χ4v) is 11.3. The number of unbranched alkanes of at least 4 members (excludes halogenated alkanes) is 53. The number of carbonyl (C=O) groups is 2. The molecule has 0 heterocycles. The zero-order valence-electron chi connectivity index (χ0n) is 54.1. The zero-order valence-corrected chi connectivity index (χ0v) is 54.1. The van der Waals surface area contributed by atoms with Gasteiger partial charge in [-0.1, -0.05) is 339 Å². The van der Waals surface area contributed by atoms with Crippen LogP contribution in [0.15, 0.2) is 36.5 Å². The first kappa shape index (κ1) is 78.1. The molecule has 0 rings (SSSR count). The highest BCUT2D eigenvalue weighted by Crippen LogP contribution is 2.18. The number of rotatable bonds is 68. The summed E-state index contributed by atoms with van der Waals surface area (Å²) in [7, 11) is 0. The molecule has 0 fully saturated rings. The molecule has 3 N–H and O–H groups in total. The molecule has 0 aliphatic rings. The van der Waals surface area contributed by atoms with Crippen molar-refractivity contribution in [1.82, 2.24) is 5.32 Å². The van der Waals surface area contributed by atoms with E-state index >= 15 is 0 Å². The Hall–Kier alpha value is -1.92. The highest BCUT2D eigenvalue weighted by Gasteiger charge is 2.18. The molecule has 0 aromatic heterocycles. The number of esters is 1. The number of hydrogen-bond donors (Lipinski definition) is 3. The number of nitrogens with one attached hydrogen (secondary N) is 1. The summed E-state index contributed by atoms with van der Waals surface area (Å²) >= 11 is 0. The first-order chi connectivity index (χ1) is 39.5. The van der Waals surface area contributed by atoms with E-state index in [0.717, 1.165) is 44.9 Å². The van der Waals surface area contributed by atoms with Gasteiger partial charge in [0, 0.05) is 12.8 Å². The van der Waals surface area contributed by atoms with E-state index in [0.29, 0.717) is 19.4 Å². The van der Waals surface area contributed by atoms with Crippen molar-refractivity contribution in [2.45, 2.75) is 411 Å². The highest BCUT2D eigenvalue weighted by atomic mass is 16.5. The number of hydrogen-bond acceptors (Lipinski definition) is 5. The van der Waals surface area contributed by atoms with Crippen molar-refractivity contribution in [2.75, 3.05) is 13.2 Å². The van der Waals surface area contributed by atoms with Crippen LogP contribution in [-0.4, -0.2) is 47.4 Å². The third-order valence-corrected chi connectivity index (χ3v) is 16.9. The van der Waals surface area contributed by atoms with Gasteiger partial charge in [0.05, 0.1) is 25.4 Å². The summed E-state index contributed by atoms with van der Waals surface area (Å²) < 4.78 is 5.51. The van der Waals surface area contributed by atoms with Gasteiger partial charge < -0.3 is 20.3 Å². The molecule has 0 aromatic rings. The Kier molecular flexibility index (Phi) is 67.9. The molecule has 0 spiro atoms. The maximum absolute atomic E-state index is 12.5. The molecule has 80 heavy (non-hydrogen) atoms. The molecule has 2 atom stereocenters. The summed E-state index contributed by atoms with van der Waals surface area (Å²) in [5.41, 5.74) is 0. The van der Waals surface area contributed by atoms with Gasteiger partial charge in [0.2, 0.25) is 5.91 Å². The summed E-state index contributed by atoms with van der Waals surface area (Å²) in [6, 6.07) is -0.628. The maximum atomic E-state index is 12.5. The fraction of sp³-hybridized carbons (Fsp3) is 0.892. The Morgan fingerprint density at radius 1 is 0.338 bits per heavy atom. The van der Waals surface area contributed by atoms with Crippen LogP contribution in [0.5, 0.6) is 0 Å². The topological polar surface area (TPSA) is 95.9 Å². The average Bonchev–Trinajstić information content (AvgIpc) is 3.46. The van der Waals surface area contributed by atoms with Gasteiger partial charge in [-0.15, -0.1) is 0 Å². The molecule has 0 saturated heterocycles. The van der Waals surface area contributed by atoms with Gasteiger partial charge in [0.1, 0.15) is 0 Å². The van der Waals surface area contributed by atoms with E-state index < -0.39 is 12.1 Å². The normalized spacial score (nSPS) is 12.7. The van der Waals surface area contributed by atoms with Gasteiger partial charge in [0.25, 0.3) is 0 Å². The van der Waals surface area contributed by atoms with Crippen LogP contribution in [0.25, 0.3) is 0 Å². The van der Waals surface area contributed by atoms with Gasteiger partial charge in [-0.25, -0.2) is 0 Å². The van der Waals surface area contributed by atoms with E-state index in [1.54, 1.807) is 6.08 Å². The zero-order chi connectivity index (χ0) is 57.8. The average molecular weight is 1120 g/mol. The fourth-order valence-electron chi connectivity index (χ4n) is 11.3. The van der Waals surface area contributed by atoms with Crippen molar-refractivity contribution < 1.29 is 24.5 Å². The molecular weight excluding hydrogens is 983 g/mol. The molecule has 0 aromatic carbocycles. The van der Waals surface area contributed by atoms with Crippen LogP contribution in [0.1, 0.15) is 399 Å². The maximum Gasteiger partial charge on any atom is 0.305 e. The van der Waals surface area contributed by atoms with Crippen LogP contribution in [0, 0.1) is 0 Å². The minimum atomic E-state index is -0.844. The smallest absolute Gasteiger partial charge is 0.305 e. The van der Waals surface area contributed by atoms with Crippen LogP contribution in [0.2, 0.25) is 0 Å². The van der Waals surface area contributed by atoms with E-state index in [2.05, 4.69) is 43.5 Å². The number of amides is 1. The van der Waals surface area contributed by atoms with Crippen LogP contribution in [-0.2, 0) is 14.3 Å². The summed E-state index contributed by atoms with van der Waals surface area (Å²) in [5.74, 6) is -0.0509. The van der Waals surface area contributed by atoms with Gasteiger partial charge in [-0.2, -0.15) is 0 Å². The molecule has 2 unspecified atom stereocenters. The second kappa shape index (κ2) is 69.6. The molecule has 0 radical (unpaired) electrons. The van der Waals surface area contributed by atoms with E-state index in [-0.39, 0.29) is 18.5 Å². The molecule has 6 heteroatoms. The standard InChI is InChI=1S/C74H141NO5/c1-3-5-7-9-11-13-15-17-19-21-36-40-44-48-52-56-60-64-68-74(79)80-69-65-61-57-53-49-45-41-37-34-32-30-28-26-24-22-23-25-27-29-31-33-35-39-43-47-51-55-59-63-67-73(78)75-71(70-76)72(77)66-62-58-54-50-46-42-38-20-18-16-14-12-10-8-6-4-2/h19,21-22,24,62,66,71-72,76-77H,3-18,20,23,25-61,63-65,67-70H2,1-2H3,(H,75,78)/b21-19-,24-22-,66-62+. The first-order valence-corrected chi connectivity index (χ1v) is 36.3. The van der Waals surface area contributed by atoms with Crippen molar-refractivity contribution >= 4 is 11.9 Å². The molecule has 472 valence electrons. The van der Waals surface area contributed by atoms with Crippen molar-refractivity contribution in [3.63, 3.8) is 0 Å². The Morgan fingerprint density at radius 3 is 0.887 bits per heavy atom. The lowest BCUT2D eigenvalue weighted by molar-refractivity contribution is -0.143. The molecule has 0 aliphatic carbocycles. The van der Waals surface area contributed by atoms with Gasteiger partial charge in [-0.05, 0) is 83.5 Å². The van der Waals surface area contributed by atoms with Gasteiger partial charge in [0.15, 0.2) is 0 Å². The van der Waals surface area contributed by atoms with E-state index in [1.165, 1.54) is 327 Å². The van der Waals surface area contributed by atoms with Crippen molar-refractivity contribution in [1.29, 1.82) is 0 Å². The molecule has 0 saturated carbocycles. The molecular formula is C74H141NO5. The monoisotopic (exact) mass is 1120 g/mol. The number of aliphatic hydroxyl groups excluding tert-OH is 2. The minimum absolute atomic E-state index is 0.0138. The van der Waals surface area contributed by atoms with E-state index in [9.17, 15) is 19.8 Å². The SMILES string of the molecule is CCCCCCCCC/C=C\CCCCCCCCCC(=O)OCCCCCCCCCCCCCC/C=C\CCCCCCCCCCCCCCCC(=O)NC(CO)C(O)/C=C/CCCCCCCCCCCCCCCC. The molecule has 0 bridgehead atoms. The van der Waals surface area contributed by atoms with E-state index in [4.69, 9.17) is 4.74 Å². The lowest BCUT2D eigenvalue weighted by Gasteiger charge is -2.20. The molecule has 1 amide bonds. The Labute approximate surface area is 500 Å². The highest BCUT2D eigenvalue weighted by molar-refractivity contribution is 5.76. The number of ether oxygens (including phenoxy) is 1. The van der Waals surface area contributed by atoms with Gasteiger partial charge >= 0.3 is 5.97 Å². The predicted molar refractivity (Wildman–Crippen MR) is 352 cm³/mol. The summed E-state index contributed by atoms with van der Waals surface area (Å²) in [6.45, 7) is 4.93. The molecule has 0 aliphatic heterocycles. The molecule has 6 nitrogen and oxygen atoms in total. The first-order valence-electron chi connectivity index (χ1n) is 36.3. The quantitative estimate of drug-likeness (QED) is 0.0320. The predicted octanol–water partition coefficient (Wildman–Crippen LogP) is 23.5. The number of allylic oxidation sites excluding steroid dienone is 5. The number of carbonyl (C=O) groups excluding carboxylic acids is 2. The third-order valence-electron chi connectivity index (χ3n) is 16.9. The van der Waals surface area contributed by atoms with Crippen LogP contribution in [0.3, 0.4) is 0 Å². The third kappa shape index (κ3) is 65.2. The largest absolute Gasteiger partial charge is 0.466 e.